The highest BCUT2D eigenvalue weighted by atomic mass is 79.9. The normalized spacial score (nSPS) is 22.2. The van der Waals surface area contributed by atoms with Crippen molar-refractivity contribution in [2.75, 3.05) is 19.3 Å². The van der Waals surface area contributed by atoms with E-state index in [0.29, 0.717) is 19.5 Å². The van der Waals surface area contributed by atoms with E-state index in [0.717, 1.165) is 28.4 Å². The highest BCUT2D eigenvalue weighted by Crippen LogP contribution is 2.33. The largest absolute Gasteiger partial charge is 0.388 e. The van der Waals surface area contributed by atoms with Crippen molar-refractivity contribution in [2.24, 2.45) is 5.92 Å². The molecular formula is C15H22BrNO3S. The topological polar surface area (TPSA) is 57.6 Å². The van der Waals surface area contributed by atoms with Gasteiger partial charge in [0, 0.05) is 17.6 Å². The minimum absolute atomic E-state index is 0.205. The molecule has 0 aromatic heterocycles. The average Bonchev–Trinajstić information content (AvgIpc) is 2.41. The van der Waals surface area contributed by atoms with Crippen LogP contribution in [0.5, 0.6) is 0 Å². The molecule has 1 aromatic carbocycles. The van der Waals surface area contributed by atoms with Crippen molar-refractivity contribution < 1.29 is 13.5 Å². The lowest BCUT2D eigenvalue weighted by molar-refractivity contribution is 0.122. The second-order valence-corrected chi connectivity index (χ2v) is 8.63. The maximum absolute atomic E-state index is 11.6. The molecule has 0 spiro atoms. The van der Waals surface area contributed by atoms with Gasteiger partial charge in [0.05, 0.1) is 12.4 Å². The van der Waals surface area contributed by atoms with Crippen LogP contribution in [0.1, 0.15) is 36.5 Å². The monoisotopic (exact) mass is 375 g/mol. The summed E-state index contributed by atoms with van der Waals surface area (Å²) in [4.78, 5) is 0. The van der Waals surface area contributed by atoms with Crippen molar-refractivity contribution in [1.29, 1.82) is 0 Å². The van der Waals surface area contributed by atoms with E-state index in [-0.39, 0.29) is 5.92 Å². The van der Waals surface area contributed by atoms with Crippen molar-refractivity contribution in [1.82, 2.24) is 4.31 Å². The fourth-order valence-corrected chi connectivity index (χ4v) is 4.36. The van der Waals surface area contributed by atoms with Gasteiger partial charge in [0.2, 0.25) is 10.0 Å². The molecule has 2 unspecified atom stereocenters. The Kier molecular flexibility index (Phi) is 5.46. The van der Waals surface area contributed by atoms with Gasteiger partial charge in [-0.05, 0) is 43.2 Å². The molecule has 0 radical (unpaired) electrons. The maximum Gasteiger partial charge on any atom is 0.211 e. The van der Waals surface area contributed by atoms with E-state index >= 15 is 0 Å². The van der Waals surface area contributed by atoms with Gasteiger partial charge in [0.25, 0.3) is 0 Å². The molecule has 1 saturated heterocycles. The van der Waals surface area contributed by atoms with E-state index in [9.17, 15) is 13.5 Å². The third kappa shape index (κ3) is 4.28. The van der Waals surface area contributed by atoms with Crippen molar-refractivity contribution in [3.63, 3.8) is 0 Å². The van der Waals surface area contributed by atoms with Crippen LogP contribution in [0.15, 0.2) is 22.7 Å². The Morgan fingerprint density at radius 3 is 2.86 bits per heavy atom. The summed E-state index contributed by atoms with van der Waals surface area (Å²) in [6, 6.07) is 5.84. The zero-order chi connectivity index (χ0) is 15.6. The third-order valence-corrected chi connectivity index (χ3v) is 6.44. The van der Waals surface area contributed by atoms with Crippen LogP contribution in [-0.4, -0.2) is 37.2 Å². The van der Waals surface area contributed by atoms with Crippen molar-refractivity contribution in [2.45, 2.75) is 32.3 Å². The highest BCUT2D eigenvalue weighted by Gasteiger charge is 2.28. The first-order valence-electron chi connectivity index (χ1n) is 7.17. The molecule has 1 fully saturated rings. The Morgan fingerprint density at radius 1 is 1.48 bits per heavy atom. The van der Waals surface area contributed by atoms with E-state index in [1.807, 2.05) is 25.1 Å². The Balaban J connectivity index is 2.06. The molecule has 1 heterocycles. The molecule has 0 bridgehead atoms. The molecule has 0 saturated carbocycles. The van der Waals surface area contributed by atoms with Crippen LogP contribution in [0.4, 0.5) is 0 Å². The number of aliphatic hydroxyl groups excluding tert-OH is 1. The Labute approximate surface area is 135 Å². The number of rotatable bonds is 4. The SMILES string of the molecule is Cc1cccc(C(O)CC2CCCN(S(C)(=O)=O)C2)c1Br. The number of hydrogen-bond acceptors (Lipinski definition) is 3. The summed E-state index contributed by atoms with van der Waals surface area (Å²) in [6.07, 6.45) is 3.10. The summed E-state index contributed by atoms with van der Waals surface area (Å²) in [6.45, 7) is 3.10. The predicted octanol–water partition coefficient (Wildman–Crippen LogP) is 2.85. The zero-order valence-electron chi connectivity index (χ0n) is 12.4. The number of hydrogen-bond donors (Lipinski definition) is 1. The predicted molar refractivity (Wildman–Crippen MR) is 87.6 cm³/mol. The highest BCUT2D eigenvalue weighted by molar-refractivity contribution is 9.10. The van der Waals surface area contributed by atoms with Crippen LogP contribution >= 0.6 is 15.9 Å². The Morgan fingerprint density at radius 2 is 2.19 bits per heavy atom. The molecule has 4 nitrogen and oxygen atoms in total. The van der Waals surface area contributed by atoms with E-state index < -0.39 is 16.1 Å². The molecule has 0 aliphatic carbocycles. The van der Waals surface area contributed by atoms with Crippen molar-refractivity contribution in [3.8, 4) is 0 Å². The van der Waals surface area contributed by atoms with E-state index in [4.69, 9.17) is 0 Å². The first kappa shape index (κ1) is 16.9. The number of sulfonamides is 1. The van der Waals surface area contributed by atoms with Gasteiger partial charge < -0.3 is 5.11 Å². The van der Waals surface area contributed by atoms with Gasteiger partial charge >= 0.3 is 0 Å². The smallest absolute Gasteiger partial charge is 0.211 e. The molecule has 1 N–H and O–H groups in total. The quantitative estimate of drug-likeness (QED) is 0.879. The Bertz CT molecular complexity index is 603. The fraction of sp³-hybridized carbons (Fsp3) is 0.600. The molecule has 118 valence electrons. The number of nitrogens with zero attached hydrogens (tertiary/aromatic N) is 1. The number of aliphatic hydroxyl groups is 1. The summed E-state index contributed by atoms with van der Waals surface area (Å²) in [5, 5.41) is 10.5. The maximum atomic E-state index is 11.6. The second-order valence-electron chi connectivity index (χ2n) is 5.86. The summed E-state index contributed by atoms with van der Waals surface area (Å²) in [5.74, 6) is 0.205. The van der Waals surface area contributed by atoms with Crippen LogP contribution in [-0.2, 0) is 10.0 Å². The molecule has 1 aliphatic rings. The summed E-state index contributed by atoms with van der Waals surface area (Å²) in [5.41, 5.74) is 1.97. The van der Waals surface area contributed by atoms with Gasteiger partial charge in [-0.1, -0.05) is 34.1 Å². The van der Waals surface area contributed by atoms with E-state index in [1.165, 1.54) is 10.6 Å². The first-order chi connectivity index (χ1) is 9.79. The molecule has 21 heavy (non-hydrogen) atoms. The van der Waals surface area contributed by atoms with Gasteiger partial charge in [-0.25, -0.2) is 12.7 Å². The lowest BCUT2D eigenvalue weighted by Gasteiger charge is -2.32. The number of halogens is 1. The standard InChI is InChI=1S/C15H22BrNO3S/c1-11-5-3-7-13(15(11)16)14(18)9-12-6-4-8-17(10-12)21(2,19)20/h3,5,7,12,14,18H,4,6,8-10H2,1-2H3. The zero-order valence-corrected chi connectivity index (χ0v) is 14.8. The van der Waals surface area contributed by atoms with Crippen LogP contribution in [0.3, 0.4) is 0 Å². The second kappa shape index (κ2) is 6.77. The third-order valence-electron chi connectivity index (χ3n) is 4.09. The van der Waals surface area contributed by atoms with Gasteiger partial charge in [0.15, 0.2) is 0 Å². The van der Waals surface area contributed by atoms with E-state index in [2.05, 4.69) is 15.9 Å². The van der Waals surface area contributed by atoms with Crippen molar-refractivity contribution in [3.05, 3.63) is 33.8 Å². The number of piperidine rings is 1. The summed E-state index contributed by atoms with van der Waals surface area (Å²) >= 11 is 3.52. The molecular weight excluding hydrogens is 354 g/mol. The lowest BCUT2D eigenvalue weighted by Crippen LogP contribution is -2.39. The summed E-state index contributed by atoms with van der Waals surface area (Å²) < 4.78 is 25.7. The minimum atomic E-state index is -3.13. The van der Waals surface area contributed by atoms with Gasteiger partial charge in [-0.2, -0.15) is 0 Å². The lowest BCUT2D eigenvalue weighted by atomic mass is 9.90. The van der Waals surface area contributed by atoms with Crippen molar-refractivity contribution >= 4 is 26.0 Å². The molecule has 1 aliphatic heterocycles. The fourth-order valence-electron chi connectivity index (χ4n) is 2.89. The van der Waals surface area contributed by atoms with Gasteiger partial charge in [-0.3, -0.25) is 0 Å². The first-order valence-corrected chi connectivity index (χ1v) is 9.81. The molecule has 2 atom stereocenters. The van der Waals surface area contributed by atoms with Crippen LogP contribution in [0.2, 0.25) is 0 Å². The number of aryl methyl sites for hydroxylation is 1. The van der Waals surface area contributed by atoms with Crippen LogP contribution in [0, 0.1) is 12.8 Å². The molecule has 0 amide bonds. The molecule has 2 rings (SSSR count). The molecule has 1 aromatic rings. The minimum Gasteiger partial charge on any atom is -0.388 e. The van der Waals surface area contributed by atoms with E-state index in [1.54, 1.807) is 0 Å². The Hall–Kier alpha value is -0.430. The average molecular weight is 376 g/mol. The molecule has 6 heteroatoms. The van der Waals surface area contributed by atoms with Gasteiger partial charge in [-0.15, -0.1) is 0 Å². The number of benzene rings is 1. The van der Waals surface area contributed by atoms with Crippen LogP contribution in [0.25, 0.3) is 0 Å². The van der Waals surface area contributed by atoms with Gasteiger partial charge in [0.1, 0.15) is 0 Å². The summed E-state index contributed by atoms with van der Waals surface area (Å²) in [7, 11) is -3.13. The van der Waals surface area contributed by atoms with Crippen LogP contribution < -0.4 is 0 Å².